The van der Waals surface area contributed by atoms with Crippen molar-refractivity contribution in [1.29, 1.82) is 0 Å². The first kappa shape index (κ1) is 12.7. The van der Waals surface area contributed by atoms with Crippen molar-refractivity contribution in [2.45, 2.75) is 53.0 Å². The van der Waals surface area contributed by atoms with Crippen LogP contribution in [0.2, 0.25) is 0 Å². The van der Waals surface area contributed by atoms with Crippen LogP contribution in [0.3, 0.4) is 0 Å². The minimum atomic E-state index is 0.206. The van der Waals surface area contributed by atoms with Crippen LogP contribution >= 0.6 is 0 Å². The molecule has 0 radical (unpaired) electrons. The van der Waals surface area contributed by atoms with Crippen LogP contribution in [0.4, 0.5) is 0 Å². The molecular formula is C12H25N. The van der Waals surface area contributed by atoms with Crippen molar-refractivity contribution in [3.8, 4) is 0 Å². The number of nitrogens with one attached hydrogen (secondary N) is 1. The number of hydrogen-bond acceptors (Lipinski definition) is 1. The summed E-state index contributed by atoms with van der Waals surface area (Å²) in [5.41, 5.74) is 0.458. The maximum absolute atomic E-state index is 3.91. The molecule has 1 unspecified atom stereocenters. The van der Waals surface area contributed by atoms with Crippen LogP contribution in [0, 0.1) is 5.41 Å². The normalized spacial score (nSPS) is 16.7. The quantitative estimate of drug-likeness (QED) is 0.644. The second-order valence-electron chi connectivity index (χ2n) is 5.21. The van der Waals surface area contributed by atoms with E-state index in [2.05, 4.69) is 52.6 Å². The highest BCUT2D eigenvalue weighted by Gasteiger charge is 2.21. The molecule has 1 nitrogen and oxygen atoms in total. The SMILES string of the molecule is C=CC(C)(CCC)CNC(C)(C)C. The van der Waals surface area contributed by atoms with Crippen LogP contribution in [0.5, 0.6) is 0 Å². The zero-order valence-corrected chi connectivity index (χ0v) is 9.91. The van der Waals surface area contributed by atoms with E-state index in [1.165, 1.54) is 12.8 Å². The molecule has 0 aromatic carbocycles. The van der Waals surface area contributed by atoms with Crippen molar-refractivity contribution in [3.05, 3.63) is 12.7 Å². The van der Waals surface area contributed by atoms with E-state index in [9.17, 15) is 0 Å². The Morgan fingerprint density at radius 3 is 2.08 bits per heavy atom. The Morgan fingerprint density at radius 2 is 1.77 bits per heavy atom. The number of hydrogen-bond donors (Lipinski definition) is 1. The summed E-state index contributed by atoms with van der Waals surface area (Å²) in [6.07, 6.45) is 4.50. The second-order valence-corrected chi connectivity index (χ2v) is 5.21. The van der Waals surface area contributed by atoms with Gasteiger partial charge in [0.25, 0.3) is 0 Å². The van der Waals surface area contributed by atoms with Crippen molar-refractivity contribution in [1.82, 2.24) is 5.32 Å². The summed E-state index contributed by atoms with van der Waals surface area (Å²) in [5.74, 6) is 0. The molecule has 0 aromatic rings. The third-order valence-electron chi connectivity index (χ3n) is 2.34. The summed E-state index contributed by atoms with van der Waals surface area (Å²) in [6, 6.07) is 0. The first-order valence-electron chi connectivity index (χ1n) is 5.21. The maximum Gasteiger partial charge on any atom is 0.00968 e. The van der Waals surface area contributed by atoms with Gasteiger partial charge >= 0.3 is 0 Å². The van der Waals surface area contributed by atoms with Gasteiger partial charge in [-0.2, -0.15) is 0 Å². The van der Waals surface area contributed by atoms with E-state index in [1.807, 2.05) is 0 Å². The molecule has 0 aliphatic carbocycles. The highest BCUT2D eigenvalue weighted by molar-refractivity contribution is 4.94. The highest BCUT2D eigenvalue weighted by Crippen LogP contribution is 2.24. The topological polar surface area (TPSA) is 12.0 Å². The molecule has 0 heterocycles. The maximum atomic E-state index is 3.91. The zero-order valence-electron chi connectivity index (χ0n) is 9.91. The van der Waals surface area contributed by atoms with Gasteiger partial charge in [-0.15, -0.1) is 6.58 Å². The monoisotopic (exact) mass is 183 g/mol. The predicted octanol–water partition coefficient (Wildman–Crippen LogP) is 3.37. The summed E-state index contributed by atoms with van der Waals surface area (Å²) in [7, 11) is 0. The van der Waals surface area contributed by atoms with Crippen LogP contribution in [0.25, 0.3) is 0 Å². The molecule has 0 aliphatic heterocycles. The summed E-state index contributed by atoms with van der Waals surface area (Å²) < 4.78 is 0. The van der Waals surface area contributed by atoms with Gasteiger partial charge in [-0.1, -0.05) is 26.3 Å². The second kappa shape index (κ2) is 4.80. The van der Waals surface area contributed by atoms with Crippen LogP contribution < -0.4 is 5.32 Å². The Hall–Kier alpha value is -0.300. The first-order chi connectivity index (χ1) is 5.83. The molecule has 13 heavy (non-hydrogen) atoms. The molecule has 0 aliphatic rings. The third-order valence-corrected chi connectivity index (χ3v) is 2.34. The molecule has 78 valence electrons. The standard InChI is InChI=1S/C12H25N/c1-7-9-12(6,8-2)10-13-11(3,4)5/h8,13H,2,7,9-10H2,1,3-6H3. The summed E-state index contributed by atoms with van der Waals surface area (Å²) in [6.45, 7) is 16.0. The van der Waals surface area contributed by atoms with Crippen LogP contribution in [-0.4, -0.2) is 12.1 Å². The first-order valence-corrected chi connectivity index (χ1v) is 5.21. The lowest BCUT2D eigenvalue weighted by atomic mass is 9.85. The van der Waals surface area contributed by atoms with Crippen molar-refractivity contribution >= 4 is 0 Å². The molecule has 0 rings (SSSR count). The summed E-state index contributed by atoms with van der Waals surface area (Å²) >= 11 is 0. The molecule has 1 N–H and O–H groups in total. The van der Waals surface area contributed by atoms with Crippen molar-refractivity contribution < 1.29 is 0 Å². The lowest BCUT2D eigenvalue weighted by Gasteiger charge is -2.31. The summed E-state index contributed by atoms with van der Waals surface area (Å²) in [5, 5.41) is 3.53. The predicted molar refractivity (Wildman–Crippen MR) is 61.0 cm³/mol. The highest BCUT2D eigenvalue weighted by atomic mass is 15.0. The fourth-order valence-electron chi connectivity index (χ4n) is 1.30. The van der Waals surface area contributed by atoms with Crippen LogP contribution in [0.15, 0.2) is 12.7 Å². The molecule has 0 fully saturated rings. The van der Waals surface area contributed by atoms with E-state index >= 15 is 0 Å². The minimum Gasteiger partial charge on any atom is -0.311 e. The smallest absolute Gasteiger partial charge is 0.00968 e. The number of rotatable bonds is 5. The molecule has 0 amide bonds. The molecule has 0 saturated heterocycles. The van der Waals surface area contributed by atoms with E-state index in [1.54, 1.807) is 0 Å². The van der Waals surface area contributed by atoms with Gasteiger partial charge in [-0.05, 0) is 32.6 Å². The Labute approximate surface area is 83.6 Å². The summed E-state index contributed by atoms with van der Waals surface area (Å²) in [4.78, 5) is 0. The molecule has 1 heteroatoms. The molecule has 0 spiro atoms. The molecular weight excluding hydrogens is 158 g/mol. The van der Waals surface area contributed by atoms with Gasteiger partial charge in [0.05, 0.1) is 0 Å². The Kier molecular flexibility index (Phi) is 4.69. The van der Waals surface area contributed by atoms with Gasteiger partial charge in [0.1, 0.15) is 0 Å². The average molecular weight is 183 g/mol. The molecule has 1 atom stereocenters. The third kappa shape index (κ3) is 5.87. The van der Waals surface area contributed by atoms with Crippen LogP contribution in [-0.2, 0) is 0 Å². The van der Waals surface area contributed by atoms with Gasteiger partial charge < -0.3 is 5.32 Å². The molecule has 0 aromatic heterocycles. The van der Waals surface area contributed by atoms with Crippen molar-refractivity contribution in [3.63, 3.8) is 0 Å². The average Bonchev–Trinajstić information content (AvgIpc) is 2.01. The van der Waals surface area contributed by atoms with Crippen molar-refractivity contribution in [2.24, 2.45) is 5.41 Å². The van der Waals surface area contributed by atoms with E-state index in [0.717, 1.165) is 6.54 Å². The van der Waals surface area contributed by atoms with E-state index < -0.39 is 0 Å². The fraction of sp³-hybridized carbons (Fsp3) is 0.833. The molecule has 0 bridgehead atoms. The minimum absolute atomic E-state index is 0.206. The van der Waals surface area contributed by atoms with Gasteiger partial charge in [0, 0.05) is 12.1 Å². The van der Waals surface area contributed by atoms with Gasteiger partial charge in [0.2, 0.25) is 0 Å². The lowest BCUT2D eigenvalue weighted by Crippen LogP contribution is -2.42. The van der Waals surface area contributed by atoms with Gasteiger partial charge in [0.15, 0.2) is 0 Å². The Balaban J connectivity index is 4.05. The Morgan fingerprint density at radius 1 is 1.23 bits per heavy atom. The fourth-order valence-corrected chi connectivity index (χ4v) is 1.30. The Bertz CT molecular complexity index is 155. The van der Waals surface area contributed by atoms with Crippen molar-refractivity contribution in [2.75, 3.05) is 6.54 Å². The van der Waals surface area contributed by atoms with Crippen LogP contribution in [0.1, 0.15) is 47.5 Å². The van der Waals surface area contributed by atoms with Gasteiger partial charge in [-0.25, -0.2) is 0 Å². The molecule has 0 saturated carbocycles. The van der Waals surface area contributed by atoms with E-state index in [-0.39, 0.29) is 11.0 Å². The zero-order chi connectivity index (χ0) is 10.5. The van der Waals surface area contributed by atoms with E-state index in [4.69, 9.17) is 0 Å². The lowest BCUT2D eigenvalue weighted by molar-refractivity contribution is 0.306. The van der Waals surface area contributed by atoms with E-state index in [0.29, 0.717) is 0 Å². The van der Waals surface area contributed by atoms with Gasteiger partial charge in [-0.3, -0.25) is 0 Å². The largest absolute Gasteiger partial charge is 0.311 e.